The third-order valence-electron chi connectivity index (χ3n) is 5.43. The molecule has 4 rings (SSSR count). The van der Waals surface area contributed by atoms with E-state index in [1.54, 1.807) is 11.0 Å². The molecule has 1 aliphatic heterocycles. The number of nitrogens with one attached hydrogen (secondary N) is 1. The third-order valence-corrected chi connectivity index (χ3v) is 5.96. The van der Waals surface area contributed by atoms with Gasteiger partial charge in [0, 0.05) is 24.2 Å². The van der Waals surface area contributed by atoms with Crippen LogP contribution in [0.2, 0.25) is 0 Å². The Morgan fingerprint density at radius 1 is 1.14 bits per heavy atom. The zero-order valence-corrected chi connectivity index (χ0v) is 17.6. The van der Waals surface area contributed by atoms with E-state index in [0.717, 1.165) is 21.2 Å². The van der Waals surface area contributed by atoms with Gasteiger partial charge in [-0.15, -0.1) is 0 Å². The highest BCUT2D eigenvalue weighted by molar-refractivity contribution is 9.10. The number of hydrogen-bond donors (Lipinski definition) is 1. The molecule has 2 aromatic carbocycles. The fraction of sp³-hybridized carbons (Fsp3) is 0.318. The summed E-state index contributed by atoms with van der Waals surface area (Å²) in [6, 6.07) is 16.2. The van der Waals surface area contributed by atoms with E-state index in [9.17, 15) is 4.79 Å². The van der Waals surface area contributed by atoms with Gasteiger partial charge in [0.2, 0.25) is 5.91 Å². The number of carbonyl (C=O) groups is 1. The number of halogens is 1. The summed E-state index contributed by atoms with van der Waals surface area (Å²) in [5, 5.41) is 7.31. The van der Waals surface area contributed by atoms with Gasteiger partial charge in [0.05, 0.1) is 12.0 Å². The van der Waals surface area contributed by atoms with Crippen molar-refractivity contribution < 1.29 is 9.53 Å². The smallest absolute Gasteiger partial charge is 0.231 e. The van der Waals surface area contributed by atoms with Crippen molar-refractivity contribution in [3.63, 3.8) is 0 Å². The minimum atomic E-state index is -0.544. The molecule has 29 heavy (non-hydrogen) atoms. The molecule has 1 aromatic heterocycles. The Hall–Kier alpha value is -2.51. The Labute approximate surface area is 178 Å². The van der Waals surface area contributed by atoms with Crippen LogP contribution in [0.4, 0.5) is 0 Å². The van der Waals surface area contributed by atoms with Crippen molar-refractivity contribution in [3.05, 3.63) is 82.3 Å². The van der Waals surface area contributed by atoms with Gasteiger partial charge >= 0.3 is 0 Å². The molecule has 0 bridgehead atoms. The normalized spacial score (nSPS) is 15.8. The first-order valence-electron chi connectivity index (χ1n) is 9.68. The van der Waals surface area contributed by atoms with Gasteiger partial charge in [0.25, 0.3) is 0 Å². The number of ether oxygens (including phenoxy) is 1. The highest BCUT2D eigenvalue weighted by Crippen LogP contribution is 2.36. The van der Waals surface area contributed by atoms with Crippen LogP contribution in [-0.4, -0.2) is 33.9 Å². The van der Waals surface area contributed by atoms with Gasteiger partial charge in [-0.1, -0.05) is 52.3 Å². The topological polar surface area (TPSA) is 69.0 Å². The van der Waals surface area contributed by atoms with Crippen LogP contribution in [0, 0.1) is 0 Å². The van der Waals surface area contributed by atoms with Gasteiger partial charge in [-0.2, -0.15) is 5.10 Å². The lowest BCUT2D eigenvalue weighted by atomic mass is 9.73. The summed E-state index contributed by atoms with van der Waals surface area (Å²) in [4.78, 5) is 17.3. The number of rotatable bonds is 6. The molecule has 7 heteroatoms. The lowest BCUT2D eigenvalue weighted by Gasteiger charge is -2.36. The summed E-state index contributed by atoms with van der Waals surface area (Å²) < 4.78 is 8.33. The van der Waals surface area contributed by atoms with Crippen LogP contribution < -0.4 is 5.32 Å². The first kappa shape index (κ1) is 19.8. The molecule has 1 fully saturated rings. The summed E-state index contributed by atoms with van der Waals surface area (Å²) in [5.41, 5.74) is 2.68. The quantitative estimate of drug-likeness (QED) is 0.618. The number of carbonyl (C=O) groups excluding carboxylic acids is 1. The van der Waals surface area contributed by atoms with Crippen LogP contribution in [0.1, 0.15) is 29.5 Å². The Morgan fingerprint density at radius 2 is 1.90 bits per heavy atom. The van der Waals surface area contributed by atoms with E-state index in [1.807, 2.05) is 36.4 Å². The molecule has 1 aliphatic rings. The molecule has 3 aromatic rings. The molecule has 6 nitrogen and oxygen atoms in total. The Balaban J connectivity index is 1.48. The predicted octanol–water partition coefficient (Wildman–Crippen LogP) is 3.45. The van der Waals surface area contributed by atoms with Crippen molar-refractivity contribution >= 4 is 21.8 Å². The fourth-order valence-corrected chi connectivity index (χ4v) is 4.09. The molecule has 0 radical (unpaired) electrons. The van der Waals surface area contributed by atoms with Crippen molar-refractivity contribution in [1.82, 2.24) is 20.1 Å². The minimum Gasteiger partial charge on any atom is -0.381 e. The number of amides is 1. The lowest BCUT2D eigenvalue weighted by molar-refractivity contribution is -0.130. The maximum Gasteiger partial charge on any atom is 0.231 e. The zero-order valence-electron chi connectivity index (χ0n) is 16.1. The van der Waals surface area contributed by atoms with E-state index in [4.69, 9.17) is 4.74 Å². The second-order valence-electron chi connectivity index (χ2n) is 7.30. The second-order valence-corrected chi connectivity index (χ2v) is 8.21. The fourth-order valence-electron chi connectivity index (χ4n) is 3.83. The van der Waals surface area contributed by atoms with Gasteiger partial charge in [0.15, 0.2) is 0 Å². The molecule has 2 heterocycles. The summed E-state index contributed by atoms with van der Waals surface area (Å²) in [6.07, 6.45) is 4.60. The monoisotopic (exact) mass is 454 g/mol. The van der Waals surface area contributed by atoms with Crippen molar-refractivity contribution in [1.29, 1.82) is 0 Å². The van der Waals surface area contributed by atoms with Gasteiger partial charge in [-0.3, -0.25) is 4.79 Å². The molecule has 150 valence electrons. The zero-order chi connectivity index (χ0) is 20.1. The van der Waals surface area contributed by atoms with Crippen molar-refractivity contribution in [2.75, 3.05) is 13.2 Å². The number of nitrogens with zero attached hydrogens (tertiary/aromatic N) is 3. The third kappa shape index (κ3) is 4.57. The maximum atomic E-state index is 13.3. The van der Waals surface area contributed by atoms with E-state index in [-0.39, 0.29) is 5.91 Å². The first-order valence-corrected chi connectivity index (χ1v) is 10.5. The Kier molecular flexibility index (Phi) is 6.06. The van der Waals surface area contributed by atoms with Crippen LogP contribution >= 0.6 is 15.9 Å². The van der Waals surface area contributed by atoms with Crippen LogP contribution in [0.25, 0.3) is 0 Å². The van der Waals surface area contributed by atoms with E-state index in [2.05, 4.69) is 43.5 Å². The molecule has 0 saturated carbocycles. The van der Waals surface area contributed by atoms with E-state index in [0.29, 0.717) is 39.1 Å². The van der Waals surface area contributed by atoms with Gasteiger partial charge in [0.1, 0.15) is 12.7 Å². The molecule has 1 amide bonds. The molecule has 0 aliphatic carbocycles. The highest BCUT2D eigenvalue weighted by Gasteiger charge is 2.41. The van der Waals surface area contributed by atoms with Gasteiger partial charge < -0.3 is 10.1 Å². The lowest BCUT2D eigenvalue weighted by Crippen LogP contribution is -2.47. The largest absolute Gasteiger partial charge is 0.381 e. The van der Waals surface area contributed by atoms with E-state index >= 15 is 0 Å². The van der Waals surface area contributed by atoms with Crippen LogP contribution in [0.15, 0.2) is 65.7 Å². The Bertz CT molecular complexity index is 951. The van der Waals surface area contributed by atoms with Crippen LogP contribution in [0.5, 0.6) is 0 Å². The standard InChI is InChI=1S/C22H23BrN4O2/c23-20-6-4-19(5-7-20)22(8-10-29-11-9-22)21(28)25-13-17-2-1-3-18(12-17)14-27-16-24-15-26-27/h1-7,12,15-16H,8-11,13-14H2,(H,25,28). The van der Waals surface area contributed by atoms with Crippen molar-refractivity contribution in [3.8, 4) is 0 Å². The van der Waals surface area contributed by atoms with E-state index < -0.39 is 5.41 Å². The summed E-state index contributed by atoms with van der Waals surface area (Å²) in [7, 11) is 0. The average Bonchev–Trinajstić information content (AvgIpc) is 3.26. The number of hydrogen-bond acceptors (Lipinski definition) is 4. The molecule has 0 spiro atoms. The van der Waals surface area contributed by atoms with Crippen molar-refractivity contribution in [2.24, 2.45) is 0 Å². The summed E-state index contributed by atoms with van der Waals surface area (Å²) in [6.45, 7) is 2.33. The molecule has 0 atom stereocenters. The summed E-state index contributed by atoms with van der Waals surface area (Å²) >= 11 is 3.48. The molecular weight excluding hydrogens is 432 g/mol. The highest BCUT2D eigenvalue weighted by atomic mass is 79.9. The second kappa shape index (κ2) is 8.88. The number of aromatic nitrogens is 3. The van der Waals surface area contributed by atoms with Crippen LogP contribution in [0.3, 0.4) is 0 Å². The molecule has 1 saturated heterocycles. The number of benzene rings is 2. The molecule has 1 N–H and O–H groups in total. The first-order chi connectivity index (χ1) is 14.2. The maximum absolute atomic E-state index is 13.3. The minimum absolute atomic E-state index is 0.0600. The SMILES string of the molecule is O=C(NCc1cccc(Cn2cncn2)c1)C1(c2ccc(Br)cc2)CCOCC1. The Morgan fingerprint density at radius 3 is 2.62 bits per heavy atom. The van der Waals surface area contributed by atoms with Gasteiger partial charge in [-0.25, -0.2) is 9.67 Å². The van der Waals surface area contributed by atoms with Crippen molar-refractivity contribution in [2.45, 2.75) is 31.3 Å². The van der Waals surface area contributed by atoms with Gasteiger partial charge in [-0.05, 0) is 41.7 Å². The molecule has 0 unspecified atom stereocenters. The predicted molar refractivity (Wildman–Crippen MR) is 113 cm³/mol. The average molecular weight is 455 g/mol. The van der Waals surface area contributed by atoms with Crippen LogP contribution in [-0.2, 0) is 28.0 Å². The van der Waals surface area contributed by atoms with E-state index in [1.165, 1.54) is 6.33 Å². The molecular formula is C22H23BrN4O2. The summed E-state index contributed by atoms with van der Waals surface area (Å²) in [5.74, 6) is 0.0600.